The second kappa shape index (κ2) is 8.23. The monoisotopic (exact) mass is 505 g/mol. The van der Waals surface area contributed by atoms with Crippen molar-refractivity contribution in [3.63, 3.8) is 0 Å². The number of nitrogens with zero attached hydrogens (tertiary/aromatic N) is 5. The average Bonchev–Trinajstić information content (AvgIpc) is 3.60. The molecule has 5 heteroatoms. The van der Waals surface area contributed by atoms with Crippen LogP contribution < -0.4 is 9.80 Å². The van der Waals surface area contributed by atoms with Crippen molar-refractivity contribution < 1.29 is 0 Å². The van der Waals surface area contributed by atoms with Gasteiger partial charge in [0.2, 0.25) is 5.78 Å². The van der Waals surface area contributed by atoms with E-state index in [1.165, 1.54) is 22.6 Å². The molecule has 188 valence electrons. The van der Waals surface area contributed by atoms with Gasteiger partial charge in [0.15, 0.2) is 0 Å². The van der Waals surface area contributed by atoms with Crippen LogP contribution in [0.2, 0.25) is 0 Å². The molecule has 0 radical (unpaired) electrons. The molecule has 0 spiro atoms. The van der Waals surface area contributed by atoms with Gasteiger partial charge in [-0.25, -0.2) is 4.98 Å². The lowest BCUT2D eigenvalue weighted by Crippen LogP contribution is -2.35. The van der Waals surface area contributed by atoms with Crippen molar-refractivity contribution in [2.24, 2.45) is 0 Å². The predicted octanol–water partition coefficient (Wildman–Crippen LogP) is 8.38. The Morgan fingerprint density at radius 1 is 0.564 bits per heavy atom. The average molecular weight is 506 g/mol. The summed E-state index contributed by atoms with van der Waals surface area (Å²) in [5.41, 5.74) is 11.4. The molecule has 0 saturated heterocycles. The maximum Gasteiger partial charge on any atom is 0.220 e. The minimum atomic E-state index is 0.0724. The molecule has 8 rings (SSSR count). The van der Waals surface area contributed by atoms with Crippen LogP contribution in [0.25, 0.3) is 33.5 Å². The van der Waals surface area contributed by atoms with Gasteiger partial charge in [-0.15, -0.1) is 0 Å². The van der Waals surface area contributed by atoms with E-state index in [0.29, 0.717) is 0 Å². The van der Waals surface area contributed by atoms with Gasteiger partial charge in [0.05, 0.1) is 27.9 Å². The fraction of sp³-hybridized carbons (Fsp3) is 0.0882. The standard InChI is InChI=1S/C34H27N5/c1-23-13-9-10-18-27(23)37-24(2)36(25-14-5-3-6-15-25)31-22-21-30-32(33(31)37)35-34-38(26-16-7-4-8-17-26)28-19-11-12-20-29(28)39(30)34/h3-22,24H,1-2H3/t24-/m0/s1. The Labute approximate surface area is 226 Å². The van der Waals surface area contributed by atoms with Gasteiger partial charge in [-0.1, -0.05) is 66.7 Å². The van der Waals surface area contributed by atoms with Gasteiger partial charge < -0.3 is 9.80 Å². The molecule has 1 aliphatic rings. The molecule has 0 unspecified atom stereocenters. The summed E-state index contributed by atoms with van der Waals surface area (Å²) < 4.78 is 4.58. The number of anilines is 4. The molecule has 2 aromatic heterocycles. The zero-order valence-corrected chi connectivity index (χ0v) is 21.9. The van der Waals surface area contributed by atoms with E-state index < -0.39 is 0 Å². The summed E-state index contributed by atoms with van der Waals surface area (Å²) in [5.74, 6) is 0.918. The molecule has 7 aromatic rings. The van der Waals surface area contributed by atoms with Crippen LogP contribution in [0.5, 0.6) is 0 Å². The highest BCUT2D eigenvalue weighted by atomic mass is 15.4. The van der Waals surface area contributed by atoms with Crippen LogP contribution in [-0.4, -0.2) is 20.1 Å². The van der Waals surface area contributed by atoms with Crippen LogP contribution in [0.4, 0.5) is 22.7 Å². The molecule has 0 bridgehead atoms. The highest BCUT2D eigenvalue weighted by Crippen LogP contribution is 2.51. The molecule has 0 amide bonds. The van der Waals surface area contributed by atoms with Crippen molar-refractivity contribution in [2.75, 3.05) is 9.80 Å². The van der Waals surface area contributed by atoms with Crippen LogP contribution in [-0.2, 0) is 0 Å². The number of aromatic nitrogens is 3. The molecule has 3 heterocycles. The number of fused-ring (bicyclic) bond motifs is 7. The van der Waals surface area contributed by atoms with Gasteiger partial charge >= 0.3 is 0 Å². The van der Waals surface area contributed by atoms with Crippen molar-refractivity contribution in [2.45, 2.75) is 20.0 Å². The first-order chi connectivity index (χ1) is 19.2. The number of hydrogen-bond acceptors (Lipinski definition) is 3. The molecule has 5 aromatic carbocycles. The van der Waals surface area contributed by atoms with Crippen LogP contribution in [0.3, 0.4) is 0 Å². The van der Waals surface area contributed by atoms with E-state index >= 15 is 0 Å². The third-order valence-corrected chi connectivity index (χ3v) is 8.00. The van der Waals surface area contributed by atoms with E-state index in [0.717, 1.165) is 39.2 Å². The Kier molecular flexibility index (Phi) is 4.65. The van der Waals surface area contributed by atoms with E-state index in [1.54, 1.807) is 0 Å². The predicted molar refractivity (Wildman–Crippen MR) is 161 cm³/mol. The lowest BCUT2D eigenvalue weighted by atomic mass is 10.1. The van der Waals surface area contributed by atoms with E-state index in [9.17, 15) is 0 Å². The normalized spacial score (nSPS) is 15.1. The number of imidazole rings is 2. The summed E-state index contributed by atoms with van der Waals surface area (Å²) in [7, 11) is 0. The van der Waals surface area contributed by atoms with Gasteiger partial charge in [0, 0.05) is 17.1 Å². The third-order valence-electron chi connectivity index (χ3n) is 8.00. The van der Waals surface area contributed by atoms with Crippen molar-refractivity contribution in [3.8, 4) is 5.69 Å². The van der Waals surface area contributed by atoms with Gasteiger partial charge in [0.25, 0.3) is 0 Å². The summed E-state index contributed by atoms with van der Waals surface area (Å²) in [4.78, 5) is 10.3. The molecule has 5 nitrogen and oxygen atoms in total. The molecule has 39 heavy (non-hydrogen) atoms. The first kappa shape index (κ1) is 22.0. The maximum absolute atomic E-state index is 5.43. The van der Waals surface area contributed by atoms with Gasteiger partial charge in [0.1, 0.15) is 11.7 Å². The lowest BCUT2D eigenvalue weighted by molar-refractivity contribution is 0.760. The van der Waals surface area contributed by atoms with Crippen molar-refractivity contribution in [1.82, 2.24) is 14.0 Å². The van der Waals surface area contributed by atoms with Crippen LogP contribution >= 0.6 is 0 Å². The van der Waals surface area contributed by atoms with Crippen LogP contribution in [0.1, 0.15) is 12.5 Å². The summed E-state index contributed by atoms with van der Waals surface area (Å²) in [5, 5.41) is 0. The minimum absolute atomic E-state index is 0.0724. The quantitative estimate of drug-likeness (QED) is 0.241. The molecule has 0 fully saturated rings. The number of para-hydroxylation sites is 5. The fourth-order valence-corrected chi connectivity index (χ4v) is 6.31. The van der Waals surface area contributed by atoms with Crippen LogP contribution in [0, 0.1) is 6.92 Å². The van der Waals surface area contributed by atoms with Gasteiger partial charge in [-0.3, -0.25) is 8.97 Å². The number of hydrogen-bond donors (Lipinski definition) is 0. The number of benzene rings is 5. The first-order valence-electron chi connectivity index (χ1n) is 13.4. The van der Waals surface area contributed by atoms with E-state index in [2.05, 4.69) is 154 Å². The number of aryl methyl sites for hydroxylation is 1. The Hall–Kier alpha value is -5.03. The highest BCUT2D eigenvalue weighted by molar-refractivity contribution is 6.06. The largest absolute Gasteiger partial charge is 0.318 e. The van der Waals surface area contributed by atoms with Gasteiger partial charge in [-0.05, 0) is 74.0 Å². The van der Waals surface area contributed by atoms with E-state index in [-0.39, 0.29) is 6.17 Å². The summed E-state index contributed by atoms with van der Waals surface area (Å²) >= 11 is 0. The van der Waals surface area contributed by atoms with E-state index in [1.807, 2.05) is 0 Å². The summed E-state index contributed by atoms with van der Waals surface area (Å²) in [6.45, 7) is 4.47. The Balaban J connectivity index is 1.49. The molecule has 0 saturated carbocycles. The first-order valence-corrected chi connectivity index (χ1v) is 13.4. The van der Waals surface area contributed by atoms with Crippen molar-refractivity contribution in [3.05, 3.63) is 127 Å². The third kappa shape index (κ3) is 3.04. The van der Waals surface area contributed by atoms with Crippen molar-refractivity contribution in [1.29, 1.82) is 0 Å². The van der Waals surface area contributed by atoms with Gasteiger partial charge in [-0.2, -0.15) is 0 Å². The SMILES string of the molecule is Cc1ccccc1N1c2c(ccc3c2nc2n(-c4ccccc4)c4ccccc4n32)N(c2ccccc2)[C@@H]1C. The Morgan fingerprint density at radius 2 is 1.21 bits per heavy atom. The minimum Gasteiger partial charge on any atom is -0.318 e. The Morgan fingerprint density at radius 3 is 1.95 bits per heavy atom. The zero-order chi connectivity index (χ0) is 26.1. The maximum atomic E-state index is 5.43. The molecular formula is C34H27N5. The second-order valence-corrected chi connectivity index (χ2v) is 10.2. The zero-order valence-electron chi connectivity index (χ0n) is 21.9. The fourth-order valence-electron chi connectivity index (χ4n) is 6.31. The molecule has 1 atom stereocenters. The molecular weight excluding hydrogens is 478 g/mol. The summed E-state index contributed by atoms with van der Waals surface area (Å²) in [6, 6.07) is 42.9. The lowest BCUT2D eigenvalue weighted by Gasteiger charge is -2.31. The van der Waals surface area contributed by atoms with E-state index in [4.69, 9.17) is 4.98 Å². The number of rotatable bonds is 3. The molecule has 0 N–H and O–H groups in total. The second-order valence-electron chi connectivity index (χ2n) is 10.2. The summed E-state index contributed by atoms with van der Waals surface area (Å²) in [6.07, 6.45) is 0.0724. The van der Waals surface area contributed by atoms with Crippen LogP contribution in [0.15, 0.2) is 121 Å². The Bertz CT molecular complexity index is 2000. The topological polar surface area (TPSA) is 28.7 Å². The highest BCUT2D eigenvalue weighted by Gasteiger charge is 2.38. The molecule has 1 aliphatic heterocycles. The molecule has 0 aliphatic carbocycles. The van der Waals surface area contributed by atoms with Crippen molar-refractivity contribution >= 4 is 50.6 Å². The smallest absolute Gasteiger partial charge is 0.220 e.